The van der Waals surface area contributed by atoms with E-state index in [2.05, 4.69) is 5.32 Å². The highest BCUT2D eigenvalue weighted by Crippen LogP contribution is 2.25. The number of benzene rings is 3. The Kier molecular flexibility index (Phi) is 10.7. The van der Waals surface area contributed by atoms with Crippen molar-refractivity contribution in [2.45, 2.75) is 44.6 Å². The minimum atomic E-state index is -0.719. The minimum absolute atomic E-state index is 0.0782. The molecular weight excluding hydrogens is 518 g/mol. The molecule has 0 fully saturated rings. The summed E-state index contributed by atoms with van der Waals surface area (Å²) < 4.78 is 13.2. The predicted molar refractivity (Wildman–Crippen MR) is 147 cm³/mol. The summed E-state index contributed by atoms with van der Waals surface area (Å²) in [4.78, 5) is 28.5. The van der Waals surface area contributed by atoms with Gasteiger partial charge < -0.3 is 10.2 Å². The van der Waals surface area contributed by atoms with Crippen LogP contribution in [-0.4, -0.2) is 34.6 Å². The van der Waals surface area contributed by atoms with Crippen LogP contribution in [0.5, 0.6) is 0 Å². The normalized spacial score (nSPS) is 11.8. The van der Waals surface area contributed by atoms with Gasteiger partial charge in [0.1, 0.15) is 11.9 Å². The van der Waals surface area contributed by atoms with Gasteiger partial charge >= 0.3 is 0 Å². The minimum Gasteiger partial charge on any atom is -0.352 e. The molecule has 1 N–H and O–H groups in total. The summed E-state index contributed by atoms with van der Waals surface area (Å²) in [5.74, 6) is 0.0268. The first-order chi connectivity index (χ1) is 17.2. The Hall–Kier alpha value is -2.54. The topological polar surface area (TPSA) is 49.4 Å². The standard InChI is InChI=1S/C28H29Cl2FN2O2S/c1-19(2)32-28(35)26(15-20-6-4-3-5-7-20)33(16-22-10-13-24(29)25(30)14-22)27(34)18-36-17-21-8-11-23(31)12-9-21/h3-14,19,26H,15-18H2,1-2H3,(H,32,35)/t26-/m0/s1. The zero-order valence-corrected chi connectivity index (χ0v) is 22.5. The summed E-state index contributed by atoms with van der Waals surface area (Å²) in [5, 5.41) is 3.78. The second kappa shape index (κ2) is 13.7. The number of hydrogen-bond donors (Lipinski definition) is 1. The van der Waals surface area contributed by atoms with Crippen molar-refractivity contribution in [1.29, 1.82) is 0 Å². The molecule has 0 aromatic heterocycles. The molecule has 0 bridgehead atoms. The van der Waals surface area contributed by atoms with Crippen LogP contribution in [0, 0.1) is 5.82 Å². The monoisotopic (exact) mass is 546 g/mol. The largest absolute Gasteiger partial charge is 0.352 e. The number of rotatable bonds is 11. The fourth-order valence-corrected chi connectivity index (χ4v) is 4.88. The fraction of sp³-hybridized carbons (Fsp3) is 0.286. The molecule has 0 heterocycles. The molecule has 8 heteroatoms. The van der Waals surface area contributed by atoms with Gasteiger partial charge in [-0.2, -0.15) is 0 Å². The first-order valence-corrected chi connectivity index (χ1v) is 13.5. The summed E-state index contributed by atoms with van der Waals surface area (Å²) in [6, 6.07) is 20.3. The summed E-state index contributed by atoms with van der Waals surface area (Å²) in [6.07, 6.45) is 0.370. The zero-order chi connectivity index (χ0) is 26.1. The lowest BCUT2D eigenvalue weighted by Crippen LogP contribution is -2.52. The Morgan fingerprint density at radius 1 is 0.917 bits per heavy atom. The SMILES string of the molecule is CC(C)NC(=O)[C@H](Cc1ccccc1)N(Cc1ccc(Cl)c(Cl)c1)C(=O)CSCc1ccc(F)cc1. The maximum absolute atomic E-state index is 13.6. The lowest BCUT2D eigenvalue weighted by atomic mass is 10.0. The second-order valence-corrected chi connectivity index (χ2v) is 10.6. The molecule has 0 radical (unpaired) electrons. The molecule has 3 aromatic carbocycles. The van der Waals surface area contributed by atoms with Gasteiger partial charge in [0.25, 0.3) is 0 Å². The van der Waals surface area contributed by atoms with E-state index in [1.54, 1.807) is 35.2 Å². The third-order valence-corrected chi connectivity index (χ3v) is 7.17. The van der Waals surface area contributed by atoms with Crippen LogP contribution < -0.4 is 5.32 Å². The quantitative estimate of drug-likeness (QED) is 0.297. The average molecular weight is 548 g/mol. The first-order valence-electron chi connectivity index (χ1n) is 11.6. The van der Waals surface area contributed by atoms with Gasteiger partial charge in [0, 0.05) is 24.8 Å². The van der Waals surface area contributed by atoms with Crippen LogP contribution in [0.25, 0.3) is 0 Å². The summed E-state index contributed by atoms with van der Waals surface area (Å²) in [6.45, 7) is 3.98. The van der Waals surface area contributed by atoms with E-state index in [1.807, 2.05) is 44.2 Å². The molecule has 0 saturated heterocycles. The van der Waals surface area contributed by atoms with Crippen LogP contribution in [-0.2, 0) is 28.3 Å². The Morgan fingerprint density at radius 3 is 2.22 bits per heavy atom. The van der Waals surface area contributed by atoms with E-state index in [4.69, 9.17) is 23.2 Å². The summed E-state index contributed by atoms with van der Waals surface area (Å²) in [7, 11) is 0. The number of hydrogen-bond acceptors (Lipinski definition) is 3. The summed E-state index contributed by atoms with van der Waals surface area (Å²) >= 11 is 13.7. The number of nitrogens with zero attached hydrogens (tertiary/aromatic N) is 1. The Labute approximate surface area is 226 Å². The van der Waals surface area contributed by atoms with Gasteiger partial charge in [-0.1, -0.05) is 71.7 Å². The molecule has 0 aliphatic carbocycles. The number of amides is 2. The smallest absolute Gasteiger partial charge is 0.243 e. The molecule has 1 atom stereocenters. The molecule has 4 nitrogen and oxygen atoms in total. The Balaban J connectivity index is 1.86. The number of carbonyl (C=O) groups is 2. The van der Waals surface area contributed by atoms with Crippen LogP contribution in [0.2, 0.25) is 10.0 Å². The van der Waals surface area contributed by atoms with Crippen LogP contribution in [0.15, 0.2) is 72.8 Å². The highest BCUT2D eigenvalue weighted by atomic mass is 35.5. The third-order valence-electron chi connectivity index (χ3n) is 5.45. The molecule has 3 rings (SSSR count). The van der Waals surface area contributed by atoms with E-state index >= 15 is 0 Å². The van der Waals surface area contributed by atoms with E-state index in [-0.39, 0.29) is 36.0 Å². The fourth-order valence-electron chi connectivity index (χ4n) is 3.69. The van der Waals surface area contributed by atoms with Gasteiger partial charge in [0.2, 0.25) is 11.8 Å². The molecule has 0 saturated carbocycles. The maximum atomic E-state index is 13.6. The highest BCUT2D eigenvalue weighted by Gasteiger charge is 2.30. The lowest BCUT2D eigenvalue weighted by molar-refractivity contribution is -0.139. The van der Waals surface area contributed by atoms with Gasteiger partial charge in [-0.05, 0) is 54.8 Å². The molecule has 0 unspecified atom stereocenters. The van der Waals surface area contributed by atoms with Crippen LogP contribution >= 0.6 is 35.0 Å². The van der Waals surface area contributed by atoms with Crippen molar-refractivity contribution in [2.24, 2.45) is 0 Å². The van der Waals surface area contributed by atoms with Gasteiger partial charge in [0.05, 0.1) is 15.8 Å². The summed E-state index contributed by atoms with van der Waals surface area (Å²) in [5.41, 5.74) is 2.65. The van der Waals surface area contributed by atoms with Crippen molar-refractivity contribution < 1.29 is 14.0 Å². The second-order valence-electron chi connectivity index (χ2n) is 8.76. The van der Waals surface area contributed by atoms with Crippen molar-refractivity contribution in [3.05, 3.63) is 105 Å². The van der Waals surface area contributed by atoms with Crippen LogP contribution in [0.1, 0.15) is 30.5 Å². The van der Waals surface area contributed by atoms with E-state index in [0.29, 0.717) is 22.2 Å². The molecule has 0 spiro atoms. The Bertz CT molecular complexity index is 1160. The molecule has 190 valence electrons. The Morgan fingerprint density at radius 2 is 1.58 bits per heavy atom. The third kappa shape index (κ3) is 8.54. The van der Waals surface area contributed by atoms with Crippen molar-refractivity contribution in [3.63, 3.8) is 0 Å². The maximum Gasteiger partial charge on any atom is 0.243 e. The average Bonchev–Trinajstić information content (AvgIpc) is 2.85. The van der Waals surface area contributed by atoms with Gasteiger partial charge in [-0.25, -0.2) is 4.39 Å². The number of thioether (sulfide) groups is 1. The predicted octanol–water partition coefficient (Wildman–Crippen LogP) is 6.53. The number of carbonyl (C=O) groups excluding carboxylic acids is 2. The first kappa shape index (κ1) is 28.0. The van der Waals surface area contributed by atoms with E-state index in [9.17, 15) is 14.0 Å². The van der Waals surface area contributed by atoms with Crippen LogP contribution in [0.3, 0.4) is 0 Å². The molecule has 3 aromatic rings. The van der Waals surface area contributed by atoms with E-state index in [1.165, 1.54) is 23.9 Å². The van der Waals surface area contributed by atoms with Crippen molar-refractivity contribution >= 4 is 46.8 Å². The molecular formula is C28H29Cl2FN2O2S. The molecule has 2 amide bonds. The number of halogens is 3. The highest BCUT2D eigenvalue weighted by molar-refractivity contribution is 7.99. The van der Waals surface area contributed by atoms with Gasteiger partial charge in [0.15, 0.2) is 0 Å². The molecule has 0 aliphatic rings. The van der Waals surface area contributed by atoms with E-state index in [0.717, 1.165) is 16.7 Å². The lowest BCUT2D eigenvalue weighted by Gasteiger charge is -2.32. The molecule has 0 aliphatic heterocycles. The van der Waals surface area contributed by atoms with Crippen molar-refractivity contribution in [2.75, 3.05) is 5.75 Å². The zero-order valence-electron chi connectivity index (χ0n) is 20.2. The van der Waals surface area contributed by atoms with Crippen LogP contribution in [0.4, 0.5) is 4.39 Å². The number of nitrogens with one attached hydrogen (secondary N) is 1. The van der Waals surface area contributed by atoms with Crippen molar-refractivity contribution in [3.8, 4) is 0 Å². The van der Waals surface area contributed by atoms with E-state index < -0.39 is 6.04 Å². The molecule has 36 heavy (non-hydrogen) atoms. The van der Waals surface area contributed by atoms with Crippen molar-refractivity contribution in [1.82, 2.24) is 10.2 Å². The van der Waals surface area contributed by atoms with Gasteiger partial charge in [-0.3, -0.25) is 9.59 Å². The van der Waals surface area contributed by atoms with Gasteiger partial charge in [-0.15, -0.1) is 11.8 Å².